The van der Waals surface area contributed by atoms with Gasteiger partial charge >= 0.3 is 6.03 Å². The number of hydrogen-bond acceptors (Lipinski definition) is 5. The van der Waals surface area contributed by atoms with Crippen LogP contribution in [0.25, 0.3) is 16.6 Å². The third kappa shape index (κ3) is 5.45. The molecule has 3 aromatic rings. The summed E-state index contributed by atoms with van der Waals surface area (Å²) in [7, 11) is 0. The molecule has 9 heteroatoms. The van der Waals surface area contributed by atoms with Gasteiger partial charge in [0.25, 0.3) is 5.56 Å². The molecule has 0 radical (unpaired) electrons. The fourth-order valence-electron chi connectivity index (χ4n) is 2.98. The van der Waals surface area contributed by atoms with E-state index in [4.69, 9.17) is 11.6 Å². The van der Waals surface area contributed by atoms with Crippen molar-refractivity contribution in [1.29, 1.82) is 0 Å². The second kappa shape index (κ2) is 10.5. The number of amides is 3. The van der Waals surface area contributed by atoms with E-state index >= 15 is 0 Å². The van der Waals surface area contributed by atoms with Crippen LogP contribution in [-0.2, 0) is 4.79 Å². The summed E-state index contributed by atoms with van der Waals surface area (Å²) in [5, 5.41) is 6.26. The van der Waals surface area contributed by atoms with Gasteiger partial charge in [-0.05, 0) is 43.2 Å². The normalized spacial score (nSPS) is 10.8. The Morgan fingerprint density at radius 2 is 1.94 bits per heavy atom. The van der Waals surface area contributed by atoms with Crippen LogP contribution in [0.5, 0.6) is 0 Å². The number of nitrogens with one attached hydrogen (secondary N) is 2. The molecule has 0 unspecified atom stereocenters. The van der Waals surface area contributed by atoms with Crippen molar-refractivity contribution in [2.75, 3.05) is 12.3 Å². The van der Waals surface area contributed by atoms with Crippen LogP contribution in [0.2, 0.25) is 5.02 Å². The molecule has 0 aliphatic rings. The molecule has 0 spiro atoms. The lowest BCUT2D eigenvalue weighted by Crippen LogP contribution is -2.40. The van der Waals surface area contributed by atoms with Gasteiger partial charge in [-0.3, -0.25) is 19.5 Å². The molecular formula is C22H23ClN4O3S. The lowest BCUT2D eigenvalue weighted by molar-refractivity contribution is -0.117. The summed E-state index contributed by atoms with van der Waals surface area (Å²) in [6.45, 7) is 4.34. The molecule has 0 bridgehead atoms. The quantitative estimate of drug-likeness (QED) is 0.316. The van der Waals surface area contributed by atoms with Crippen LogP contribution < -0.4 is 16.2 Å². The molecule has 31 heavy (non-hydrogen) atoms. The summed E-state index contributed by atoms with van der Waals surface area (Å²) in [5.41, 5.74) is 1.60. The second-order valence-electron chi connectivity index (χ2n) is 6.88. The number of carbonyl (C=O) groups is 2. The topological polar surface area (TPSA) is 93.1 Å². The monoisotopic (exact) mass is 458 g/mol. The van der Waals surface area contributed by atoms with Crippen LogP contribution >= 0.6 is 23.4 Å². The van der Waals surface area contributed by atoms with Crippen molar-refractivity contribution < 1.29 is 9.59 Å². The van der Waals surface area contributed by atoms with Crippen LogP contribution in [0, 0.1) is 6.92 Å². The zero-order valence-electron chi connectivity index (χ0n) is 17.3. The van der Waals surface area contributed by atoms with Gasteiger partial charge in [-0.2, -0.15) is 0 Å². The summed E-state index contributed by atoms with van der Waals surface area (Å²) >= 11 is 7.35. The number of para-hydroxylation sites is 1. The Balaban J connectivity index is 1.91. The molecule has 1 aromatic heterocycles. The lowest BCUT2D eigenvalue weighted by atomic mass is 10.2. The zero-order valence-corrected chi connectivity index (χ0v) is 18.8. The predicted octanol–water partition coefficient (Wildman–Crippen LogP) is 4.07. The first-order valence-electron chi connectivity index (χ1n) is 9.90. The number of rotatable bonds is 7. The van der Waals surface area contributed by atoms with E-state index in [1.54, 1.807) is 42.5 Å². The van der Waals surface area contributed by atoms with E-state index in [9.17, 15) is 14.4 Å². The third-order valence-corrected chi connectivity index (χ3v) is 5.97. The van der Waals surface area contributed by atoms with E-state index in [0.29, 0.717) is 33.3 Å². The standard InChI is InChI=1S/C22H23ClN4O3S/c1-3-4-12-24-21(30)26-19(28)13-31-22-25-17-10-6-5-8-15(17)20(29)27(22)18-11-7-9-16(23)14(18)2/h5-11H,3-4,12-13H2,1-2H3,(H2,24,26,28,30). The number of benzene rings is 2. The van der Waals surface area contributed by atoms with Crippen LogP contribution in [0.4, 0.5) is 4.79 Å². The van der Waals surface area contributed by atoms with E-state index in [-0.39, 0.29) is 11.3 Å². The Hall–Kier alpha value is -2.84. The molecule has 2 N–H and O–H groups in total. The number of unbranched alkanes of at least 4 members (excludes halogenated alkanes) is 1. The molecule has 1 heterocycles. The van der Waals surface area contributed by atoms with Gasteiger partial charge in [0.2, 0.25) is 5.91 Å². The van der Waals surface area contributed by atoms with E-state index < -0.39 is 11.9 Å². The van der Waals surface area contributed by atoms with Crippen molar-refractivity contribution >= 4 is 46.2 Å². The molecule has 162 valence electrons. The SMILES string of the molecule is CCCCNC(=O)NC(=O)CSc1nc2ccccc2c(=O)n1-c1cccc(Cl)c1C. The van der Waals surface area contributed by atoms with E-state index in [0.717, 1.165) is 30.2 Å². The number of thioether (sulfide) groups is 1. The van der Waals surface area contributed by atoms with Crippen LogP contribution in [-0.4, -0.2) is 33.8 Å². The Kier molecular flexibility index (Phi) is 7.70. The smallest absolute Gasteiger partial charge is 0.321 e. The van der Waals surface area contributed by atoms with E-state index in [1.165, 1.54) is 4.57 Å². The molecule has 0 aliphatic carbocycles. The maximum atomic E-state index is 13.3. The summed E-state index contributed by atoms with van der Waals surface area (Å²) in [6, 6.07) is 11.8. The van der Waals surface area contributed by atoms with Gasteiger partial charge in [-0.25, -0.2) is 9.78 Å². The first-order valence-corrected chi connectivity index (χ1v) is 11.3. The largest absolute Gasteiger partial charge is 0.338 e. The van der Waals surface area contributed by atoms with Gasteiger partial charge in [-0.1, -0.05) is 54.9 Å². The Morgan fingerprint density at radius 1 is 1.16 bits per heavy atom. The fourth-order valence-corrected chi connectivity index (χ4v) is 3.95. The van der Waals surface area contributed by atoms with Crippen LogP contribution in [0.1, 0.15) is 25.3 Å². The average Bonchev–Trinajstić information content (AvgIpc) is 2.75. The summed E-state index contributed by atoms with van der Waals surface area (Å²) in [6.07, 6.45) is 1.78. The maximum Gasteiger partial charge on any atom is 0.321 e. The minimum atomic E-state index is -0.534. The highest BCUT2D eigenvalue weighted by Gasteiger charge is 2.17. The molecule has 0 saturated carbocycles. The highest BCUT2D eigenvalue weighted by molar-refractivity contribution is 7.99. The van der Waals surface area contributed by atoms with Gasteiger partial charge in [-0.15, -0.1) is 0 Å². The molecule has 0 saturated heterocycles. The van der Waals surface area contributed by atoms with Crippen molar-refractivity contribution in [2.45, 2.75) is 31.8 Å². The minimum Gasteiger partial charge on any atom is -0.338 e. The number of imide groups is 1. The van der Waals surface area contributed by atoms with Crippen LogP contribution in [0.3, 0.4) is 0 Å². The molecule has 3 rings (SSSR count). The molecule has 7 nitrogen and oxygen atoms in total. The first kappa shape index (κ1) is 22.8. The number of hydrogen-bond donors (Lipinski definition) is 2. The summed E-state index contributed by atoms with van der Waals surface area (Å²) in [4.78, 5) is 41.9. The number of nitrogens with zero attached hydrogens (tertiary/aromatic N) is 2. The Morgan fingerprint density at radius 3 is 2.71 bits per heavy atom. The third-order valence-electron chi connectivity index (χ3n) is 4.63. The zero-order chi connectivity index (χ0) is 22.4. The lowest BCUT2D eigenvalue weighted by Gasteiger charge is -2.15. The van der Waals surface area contributed by atoms with Gasteiger partial charge in [0.05, 0.1) is 22.3 Å². The molecule has 0 fully saturated rings. The van der Waals surface area contributed by atoms with E-state index in [1.807, 2.05) is 13.8 Å². The fraction of sp³-hybridized carbons (Fsp3) is 0.273. The van der Waals surface area contributed by atoms with Gasteiger partial charge in [0.15, 0.2) is 5.16 Å². The molecule has 3 amide bonds. The maximum absolute atomic E-state index is 13.3. The minimum absolute atomic E-state index is 0.0778. The molecule has 2 aromatic carbocycles. The van der Waals surface area contributed by atoms with Crippen molar-refractivity contribution in [2.24, 2.45) is 0 Å². The van der Waals surface area contributed by atoms with E-state index in [2.05, 4.69) is 15.6 Å². The number of urea groups is 1. The average molecular weight is 459 g/mol. The summed E-state index contributed by atoms with van der Waals surface area (Å²) in [5.74, 6) is -0.554. The molecule has 0 aliphatic heterocycles. The summed E-state index contributed by atoms with van der Waals surface area (Å²) < 4.78 is 1.46. The van der Waals surface area contributed by atoms with Gasteiger partial charge in [0.1, 0.15) is 0 Å². The Labute approximate surface area is 189 Å². The van der Waals surface area contributed by atoms with Crippen LogP contribution in [0.15, 0.2) is 52.4 Å². The number of fused-ring (bicyclic) bond motifs is 1. The van der Waals surface area contributed by atoms with Crippen molar-refractivity contribution in [1.82, 2.24) is 20.2 Å². The highest BCUT2D eigenvalue weighted by Crippen LogP contribution is 2.26. The predicted molar refractivity (Wildman–Crippen MR) is 124 cm³/mol. The number of aromatic nitrogens is 2. The van der Waals surface area contributed by atoms with Crippen molar-refractivity contribution in [3.05, 3.63) is 63.4 Å². The highest BCUT2D eigenvalue weighted by atomic mass is 35.5. The number of halogens is 1. The molecular weight excluding hydrogens is 436 g/mol. The number of carbonyl (C=O) groups excluding carboxylic acids is 2. The molecule has 0 atom stereocenters. The van der Waals surface area contributed by atoms with Crippen molar-refractivity contribution in [3.63, 3.8) is 0 Å². The Bertz CT molecular complexity index is 1180. The van der Waals surface area contributed by atoms with Gasteiger partial charge in [0, 0.05) is 11.6 Å². The van der Waals surface area contributed by atoms with Gasteiger partial charge < -0.3 is 5.32 Å². The second-order valence-corrected chi connectivity index (χ2v) is 8.23. The van der Waals surface area contributed by atoms with Crippen molar-refractivity contribution in [3.8, 4) is 5.69 Å². The first-order chi connectivity index (χ1) is 14.9.